The summed E-state index contributed by atoms with van der Waals surface area (Å²) in [6.07, 6.45) is 2.22. The van der Waals surface area contributed by atoms with Crippen LogP contribution in [0.5, 0.6) is 0 Å². The van der Waals surface area contributed by atoms with Gasteiger partial charge in [-0.25, -0.2) is 0 Å². The van der Waals surface area contributed by atoms with Crippen LogP contribution in [0.4, 0.5) is 5.69 Å². The van der Waals surface area contributed by atoms with Gasteiger partial charge in [-0.15, -0.1) is 0 Å². The van der Waals surface area contributed by atoms with Gasteiger partial charge in [0.15, 0.2) is 0 Å². The quantitative estimate of drug-likeness (QED) is 0.598. The van der Waals surface area contributed by atoms with Crippen LogP contribution in [0, 0.1) is 6.92 Å². The Kier molecular flexibility index (Phi) is 2.83. The summed E-state index contributed by atoms with van der Waals surface area (Å²) in [5.74, 6) is 5.47. The number of rotatable bonds is 3. The molecule has 3 N–H and O–H groups in total. The first kappa shape index (κ1) is 11.0. The van der Waals surface area contributed by atoms with Gasteiger partial charge in [0.1, 0.15) is 0 Å². The SMILES string of the molecule is Cc1ccc(C(=O)N(C)C2CC2)c(NN)c1. The standard InChI is InChI=1S/C12H17N3O/c1-8-3-6-10(11(7-8)14-13)12(16)15(2)9-4-5-9/h3,6-7,9,14H,4-5,13H2,1-2H3. The first-order valence-corrected chi connectivity index (χ1v) is 5.48. The zero-order chi connectivity index (χ0) is 11.7. The smallest absolute Gasteiger partial charge is 0.255 e. The van der Waals surface area contributed by atoms with E-state index in [0.29, 0.717) is 17.3 Å². The van der Waals surface area contributed by atoms with E-state index >= 15 is 0 Å². The number of nitrogen functional groups attached to an aromatic ring is 1. The molecule has 0 spiro atoms. The third-order valence-electron chi connectivity index (χ3n) is 2.98. The largest absolute Gasteiger partial charge is 0.339 e. The maximum absolute atomic E-state index is 12.1. The van der Waals surface area contributed by atoms with Gasteiger partial charge in [-0.05, 0) is 37.5 Å². The number of anilines is 1. The molecule has 1 aliphatic carbocycles. The van der Waals surface area contributed by atoms with Gasteiger partial charge in [-0.2, -0.15) is 0 Å². The summed E-state index contributed by atoms with van der Waals surface area (Å²) in [6.45, 7) is 1.97. The van der Waals surface area contributed by atoms with Crippen LogP contribution in [0.25, 0.3) is 0 Å². The van der Waals surface area contributed by atoms with Crippen molar-refractivity contribution >= 4 is 11.6 Å². The summed E-state index contributed by atoms with van der Waals surface area (Å²) >= 11 is 0. The molecule has 4 nitrogen and oxygen atoms in total. The van der Waals surface area contributed by atoms with Crippen molar-refractivity contribution in [3.63, 3.8) is 0 Å². The molecule has 16 heavy (non-hydrogen) atoms. The molecule has 86 valence electrons. The first-order chi connectivity index (χ1) is 7.63. The molecule has 1 saturated carbocycles. The summed E-state index contributed by atoms with van der Waals surface area (Å²) in [6, 6.07) is 6.05. The van der Waals surface area contributed by atoms with E-state index in [1.54, 1.807) is 4.90 Å². The molecule has 0 bridgehead atoms. The minimum atomic E-state index is 0.0375. The molecule has 4 heteroatoms. The summed E-state index contributed by atoms with van der Waals surface area (Å²) < 4.78 is 0. The van der Waals surface area contributed by atoms with E-state index in [9.17, 15) is 4.79 Å². The molecular formula is C12H17N3O. The summed E-state index contributed by atoms with van der Waals surface area (Å²) in [7, 11) is 1.85. The average molecular weight is 219 g/mol. The van der Waals surface area contributed by atoms with Gasteiger partial charge in [0, 0.05) is 13.1 Å². The zero-order valence-electron chi connectivity index (χ0n) is 9.66. The number of hydrazine groups is 1. The number of benzene rings is 1. The highest BCUT2D eigenvalue weighted by atomic mass is 16.2. The van der Waals surface area contributed by atoms with Crippen molar-refractivity contribution in [2.24, 2.45) is 5.84 Å². The lowest BCUT2D eigenvalue weighted by Gasteiger charge is -2.18. The van der Waals surface area contributed by atoms with Gasteiger partial charge in [-0.1, -0.05) is 6.07 Å². The van der Waals surface area contributed by atoms with Gasteiger partial charge in [0.05, 0.1) is 11.3 Å². The maximum atomic E-state index is 12.1. The number of carbonyl (C=O) groups is 1. The highest BCUT2D eigenvalue weighted by molar-refractivity contribution is 5.99. The molecule has 0 unspecified atom stereocenters. The molecule has 0 atom stereocenters. The van der Waals surface area contributed by atoms with Gasteiger partial charge in [0.2, 0.25) is 0 Å². The van der Waals surface area contributed by atoms with E-state index in [4.69, 9.17) is 5.84 Å². The fraction of sp³-hybridized carbons (Fsp3) is 0.417. The number of aryl methyl sites for hydroxylation is 1. The number of nitrogens with one attached hydrogen (secondary N) is 1. The summed E-state index contributed by atoms with van der Waals surface area (Å²) in [4.78, 5) is 13.9. The van der Waals surface area contributed by atoms with Crippen LogP contribution in [0.2, 0.25) is 0 Å². The molecule has 1 aromatic carbocycles. The number of hydrogen-bond donors (Lipinski definition) is 2. The summed E-state index contributed by atoms with van der Waals surface area (Å²) in [5, 5.41) is 0. The van der Waals surface area contributed by atoms with Crippen molar-refractivity contribution in [2.75, 3.05) is 12.5 Å². The Balaban J connectivity index is 2.27. The third kappa shape index (κ3) is 2.02. The molecule has 0 radical (unpaired) electrons. The van der Waals surface area contributed by atoms with E-state index in [0.717, 1.165) is 18.4 Å². The summed E-state index contributed by atoms with van der Waals surface area (Å²) in [5.41, 5.74) is 5.00. The third-order valence-corrected chi connectivity index (χ3v) is 2.98. The minimum Gasteiger partial charge on any atom is -0.339 e. The maximum Gasteiger partial charge on any atom is 0.255 e. The van der Waals surface area contributed by atoms with Crippen molar-refractivity contribution in [3.05, 3.63) is 29.3 Å². The van der Waals surface area contributed by atoms with E-state index in [1.165, 1.54) is 0 Å². The lowest BCUT2D eigenvalue weighted by Crippen LogP contribution is -2.29. The van der Waals surface area contributed by atoms with Crippen LogP contribution < -0.4 is 11.3 Å². The molecule has 0 aliphatic heterocycles. The van der Waals surface area contributed by atoms with Crippen LogP contribution in [0.15, 0.2) is 18.2 Å². The predicted molar refractivity (Wildman–Crippen MR) is 64.1 cm³/mol. The number of nitrogens with two attached hydrogens (primary N) is 1. The Morgan fingerprint density at radius 3 is 2.75 bits per heavy atom. The van der Waals surface area contributed by atoms with Crippen molar-refractivity contribution < 1.29 is 4.79 Å². The fourth-order valence-electron chi connectivity index (χ4n) is 1.78. The molecule has 0 heterocycles. The Labute approximate surface area is 95.4 Å². The average Bonchev–Trinajstić information content (AvgIpc) is 3.10. The molecule has 1 amide bonds. The lowest BCUT2D eigenvalue weighted by molar-refractivity contribution is 0.0786. The Hall–Kier alpha value is -1.55. The highest BCUT2D eigenvalue weighted by Gasteiger charge is 2.30. The Morgan fingerprint density at radius 2 is 2.19 bits per heavy atom. The highest BCUT2D eigenvalue weighted by Crippen LogP contribution is 2.28. The molecule has 0 saturated heterocycles. The van der Waals surface area contributed by atoms with Crippen molar-refractivity contribution in [1.82, 2.24) is 4.90 Å². The second-order valence-electron chi connectivity index (χ2n) is 4.34. The van der Waals surface area contributed by atoms with E-state index in [2.05, 4.69) is 5.43 Å². The fourth-order valence-corrected chi connectivity index (χ4v) is 1.78. The number of nitrogens with zero attached hydrogens (tertiary/aromatic N) is 1. The molecule has 0 aromatic heterocycles. The van der Waals surface area contributed by atoms with Crippen LogP contribution in [-0.4, -0.2) is 23.9 Å². The molecule has 1 aromatic rings. The van der Waals surface area contributed by atoms with E-state index < -0.39 is 0 Å². The van der Waals surface area contributed by atoms with E-state index in [1.807, 2.05) is 32.2 Å². The van der Waals surface area contributed by atoms with Crippen LogP contribution in [0.3, 0.4) is 0 Å². The first-order valence-electron chi connectivity index (χ1n) is 5.48. The number of hydrogen-bond acceptors (Lipinski definition) is 3. The Morgan fingerprint density at radius 1 is 1.50 bits per heavy atom. The predicted octanol–water partition coefficient (Wildman–Crippen LogP) is 1.52. The van der Waals surface area contributed by atoms with Gasteiger partial charge < -0.3 is 10.3 Å². The van der Waals surface area contributed by atoms with Crippen molar-refractivity contribution in [3.8, 4) is 0 Å². The second kappa shape index (κ2) is 4.14. The van der Waals surface area contributed by atoms with Crippen LogP contribution in [0.1, 0.15) is 28.8 Å². The lowest BCUT2D eigenvalue weighted by atomic mass is 10.1. The van der Waals surface area contributed by atoms with Gasteiger partial charge >= 0.3 is 0 Å². The van der Waals surface area contributed by atoms with Crippen molar-refractivity contribution in [1.29, 1.82) is 0 Å². The topological polar surface area (TPSA) is 58.4 Å². The van der Waals surface area contributed by atoms with E-state index in [-0.39, 0.29) is 5.91 Å². The molecule has 1 aliphatic rings. The van der Waals surface area contributed by atoms with Crippen LogP contribution >= 0.6 is 0 Å². The minimum absolute atomic E-state index is 0.0375. The number of amides is 1. The van der Waals surface area contributed by atoms with Gasteiger partial charge in [0.25, 0.3) is 5.91 Å². The normalized spacial score (nSPS) is 14.7. The molecular weight excluding hydrogens is 202 g/mol. The second-order valence-corrected chi connectivity index (χ2v) is 4.34. The molecule has 1 fully saturated rings. The molecule has 2 rings (SSSR count). The monoisotopic (exact) mass is 219 g/mol. The zero-order valence-corrected chi connectivity index (χ0v) is 9.66. The number of carbonyl (C=O) groups excluding carboxylic acids is 1. The van der Waals surface area contributed by atoms with Gasteiger partial charge in [-0.3, -0.25) is 10.6 Å². The van der Waals surface area contributed by atoms with Crippen molar-refractivity contribution in [2.45, 2.75) is 25.8 Å². The Bertz CT molecular complexity index is 413. The van der Waals surface area contributed by atoms with Crippen LogP contribution in [-0.2, 0) is 0 Å².